The minimum absolute atomic E-state index is 0.0183. The van der Waals surface area contributed by atoms with Crippen molar-refractivity contribution in [3.63, 3.8) is 0 Å². The fourth-order valence-corrected chi connectivity index (χ4v) is 8.26. The van der Waals surface area contributed by atoms with Crippen LogP contribution in [0.2, 0.25) is 0 Å². The molecule has 0 aliphatic carbocycles. The van der Waals surface area contributed by atoms with E-state index in [9.17, 15) is 19.4 Å². The van der Waals surface area contributed by atoms with E-state index in [2.05, 4.69) is 116 Å². The van der Waals surface area contributed by atoms with Crippen molar-refractivity contribution in [2.24, 2.45) is 0 Å². The van der Waals surface area contributed by atoms with Gasteiger partial charge in [-0.25, -0.2) is 0 Å². The first-order valence-corrected chi connectivity index (χ1v) is 29.7. The van der Waals surface area contributed by atoms with Gasteiger partial charge >= 0.3 is 0 Å². The predicted octanol–water partition coefficient (Wildman–Crippen LogP) is 16.6. The number of unbranched alkanes of at least 4 members (excludes halogenated alkanes) is 21. The number of aliphatic hydroxyl groups is 1. The Bertz CT molecular complexity index is 1500. The van der Waals surface area contributed by atoms with Crippen LogP contribution in [0.3, 0.4) is 0 Å². The van der Waals surface area contributed by atoms with E-state index >= 15 is 0 Å². The summed E-state index contributed by atoms with van der Waals surface area (Å²) in [7, 11) is 1.21. The van der Waals surface area contributed by atoms with Crippen LogP contribution in [0.5, 0.6) is 0 Å². The number of phosphoric acid groups is 1. The molecule has 0 radical (unpaired) electrons. The molecule has 0 saturated carbocycles. The number of phosphoric ester groups is 1. The van der Waals surface area contributed by atoms with Crippen molar-refractivity contribution in [3.05, 3.63) is 109 Å². The Balaban J connectivity index is 4.38. The van der Waals surface area contributed by atoms with Gasteiger partial charge in [0.2, 0.25) is 5.91 Å². The summed E-state index contributed by atoms with van der Waals surface area (Å²) in [5.41, 5.74) is 0. The summed E-state index contributed by atoms with van der Waals surface area (Å²) in [6.45, 7) is 4.49. The van der Waals surface area contributed by atoms with E-state index in [0.29, 0.717) is 17.4 Å². The van der Waals surface area contributed by atoms with Gasteiger partial charge in [-0.3, -0.25) is 9.36 Å². The third-order valence-electron chi connectivity index (χ3n) is 11.9. The molecule has 0 aliphatic rings. The van der Waals surface area contributed by atoms with Gasteiger partial charge in [0.1, 0.15) is 13.2 Å². The molecule has 402 valence electrons. The maximum absolute atomic E-state index is 13.0. The highest BCUT2D eigenvalue weighted by atomic mass is 31.2. The quantitative estimate of drug-likeness (QED) is 0.0272. The number of carbonyl (C=O) groups excluding carboxylic acids is 1. The van der Waals surface area contributed by atoms with Crippen LogP contribution in [0.15, 0.2) is 109 Å². The van der Waals surface area contributed by atoms with Gasteiger partial charge in [-0.1, -0.05) is 226 Å². The van der Waals surface area contributed by atoms with Crippen molar-refractivity contribution >= 4 is 13.7 Å². The Labute approximate surface area is 431 Å². The molecular formula is C61H107N2O6P. The Morgan fingerprint density at radius 2 is 0.886 bits per heavy atom. The summed E-state index contributed by atoms with van der Waals surface area (Å²) in [6, 6.07) is -0.927. The van der Waals surface area contributed by atoms with E-state index in [-0.39, 0.29) is 12.5 Å². The molecule has 3 unspecified atom stereocenters. The lowest BCUT2D eigenvalue weighted by Crippen LogP contribution is -2.45. The first-order chi connectivity index (χ1) is 34.0. The van der Waals surface area contributed by atoms with Crippen molar-refractivity contribution in [2.45, 2.75) is 231 Å². The third kappa shape index (κ3) is 53.0. The lowest BCUT2D eigenvalue weighted by Gasteiger charge is -2.29. The average Bonchev–Trinajstić information content (AvgIpc) is 3.32. The highest BCUT2D eigenvalue weighted by Gasteiger charge is 2.23. The molecule has 0 rings (SSSR count). The fourth-order valence-electron chi connectivity index (χ4n) is 7.54. The molecule has 1 amide bonds. The number of allylic oxidation sites excluding steroid dienone is 17. The molecule has 2 N–H and O–H groups in total. The molecule has 0 aromatic heterocycles. The van der Waals surface area contributed by atoms with Crippen molar-refractivity contribution in [1.82, 2.24) is 5.32 Å². The molecule has 0 aromatic rings. The van der Waals surface area contributed by atoms with Gasteiger partial charge in [0.15, 0.2) is 0 Å². The molecule has 8 nitrogen and oxygen atoms in total. The third-order valence-corrected chi connectivity index (χ3v) is 12.9. The molecule has 0 saturated heterocycles. The maximum atomic E-state index is 13.0. The zero-order chi connectivity index (χ0) is 51.3. The molecule has 70 heavy (non-hydrogen) atoms. The van der Waals surface area contributed by atoms with Crippen LogP contribution in [-0.2, 0) is 18.4 Å². The van der Waals surface area contributed by atoms with Crippen LogP contribution < -0.4 is 10.2 Å². The van der Waals surface area contributed by atoms with Crippen LogP contribution in [0, 0.1) is 0 Å². The monoisotopic (exact) mass is 995 g/mol. The van der Waals surface area contributed by atoms with Crippen LogP contribution >= 0.6 is 7.82 Å². The first-order valence-electron chi connectivity index (χ1n) is 28.2. The summed E-state index contributed by atoms with van der Waals surface area (Å²) < 4.78 is 23.3. The molecule has 0 heterocycles. The first kappa shape index (κ1) is 67.2. The lowest BCUT2D eigenvalue weighted by atomic mass is 10.0. The average molecular weight is 996 g/mol. The van der Waals surface area contributed by atoms with Gasteiger partial charge in [-0.15, -0.1) is 0 Å². The fraction of sp³-hybridized carbons (Fsp3) is 0.689. The second-order valence-corrected chi connectivity index (χ2v) is 21.3. The lowest BCUT2D eigenvalue weighted by molar-refractivity contribution is -0.870. The van der Waals surface area contributed by atoms with E-state index in [1.807, 2.05) is 27.2 Å². The standard InChI is InChI=1S/C61H107N2O6P/c1-6-8-10-12-14-16-18-20-22-24-26-28-30-31-33-35-37-39-41-43-45-47-49-51-53-55-61(65)62-59(58-69-70(66,67)68-57-56-63(3,4)5)60(64)54-52-50-48-46-44-42-40-38-36-34-32-29-27-25-23-21-19-17-15-13-11-9-7-2/h8,10,14,16,20,22,26,28,31,33,36-39,44,46,52,54,59-60,64H,6-7,9,11-13,15,17-19,21,23-25,27,29-30,32,34-35,40-43,45,47-51,53,55-58H2,1-5H3,(H-,62,65,66,67)/b10-8-,16-14-,22-20-,28-26-,33-31-,38-36+,39-37-,46-44+,54-52+. The van der Waals surface area contributed by atoms with E-state index in [1.54, 1.807) is 6.08 Å². The molecule has 0 aliphatic heterocycles. The molecule has 0 fully saturated rings. The molecule has 9 heteroatoms. The molecule has 0 bridgehead atoms. The molecule has 3 atom stereocenters. The van der Waals surface area contributed by atoms with Crippen molar-refractivity contribution < 1.29 is 32.9 Å². The van der Waals surface area contributed by atoms with Gasteiger partial charge in [0.05, 0.1) is 39.9 Å². The number of hydrogen-bond acceptors (Lipinski definition) is 6. The number of amides is 1. The van der Waals surface area contributed by atoms with Gasteiger partial charge in [-0.2, -0.15) is 0 Å². The Morgan fingerprint density at radius 3 is 1.33 bits per heavy atom. The number of nitrogens with one attached hydrogen (secondary N) is 1. The SMILES string of the molecule is CC/C=C\C/C=C\C/C=C\C/C=C\C/C=C\C/C=C\CCCCCCCCC(=O)NC(COP(=O)([O-])OCC[N+](C)(C)C)C(O)/C=C/CC/C=C/CC/C=C/CCCCCCCCCCCCCCC. The van der Waals surface area contributed by atoms with E-state index in [4.69, 9.17) is 9.05 Å². The van der Waals surface area contributed by atoms with Crippen molar-refractivity contribution in [1.29, 1.82) is 0 Å². The molecular weight excluding hydrogens is 888 g/mol. The van der Waals surface area contributed by atoms with E-state index in [0.717, 1.165) is 109 Å². The van der Waals surface area contributed by atoms with Gasteiger partial charge in [0, 0.05) is 6.42 Å². The Morgan fingerprint density at radius 1 is 0.514 bits per heavy atom. The second kappa shape index (κ2) is 51.1. The molecule has 0 aromatic carbocycles. The van der Waals surface area contributed by atoms with Crippen LogP contribution in [0.1, 0.15) is 219 Å². The summed E-state index contributed by atoms with van der Waals surface area (Å²) in [6.07, 6.45) is 74.5. The van der Waals surface area contributed by atoms with Crippen LogP contribution in [0.25, 0.3) is 0 Å². The van der Waals surface area contributed by atoms with Gasteiger partial charge in [-0.05, 0) is 96.3 Å². The molecule has 0 spiro atoms. The van der Waals surface area contributed by atoms with Gasteiger partial charge < -0.3 is 28.8 Å². The summed E-state index contributed by atoms with van der Waals surface area (Å²) >= 11 is 0. The Kier molecular flexibility index (Phi) is 49.0. The van der Waals surface area contributed by atoms with Crippen molar-refractivity contribution in [2.75, 3.05) is 40.9 Å². The zero-order valence-corrected chi connectivity index (χ0v) is 46.6. The smallest absolute Gasteiger partial charge is 0.268 e. The Hall–Kier alpha value is -2.84. The second-order valence-electron chi connectivity index (χ2n) is 19.9. The van der Waals surface area contributed by atoms with Crippen molar-refractivity contribution in [3.8, 4) is 0 Å². The van der Waals surface area contributed by atoms with E-state index in [1.165, 1.54) is 89.9 Å². The van der Waals surface area contributed by atoms with Crippen LogP contribution in [-0.4, -0.2) is 68.5 Å². The topological polar surface area (TPSA) is 108 Å². The highest BCUT2D eigenvalue weighted by molar-refractivity contribution is 7.45. The number of nitrogens with zero attached hydrogens (tertiary/aromatic N) is 1. The minimum atomic E-state index is -4.62. The number of aliphatic hydroxyl groups excluding tert-OH is 1. The number of quaternary nitrogens is 1. The number of likely N-dealkylation sites (N-methyl/N-ethyl adjacent to an activating group) is 1. The minimum Gasteiger partial charge on any atom is -0.756 e. The summed E-state index contributed by atoms with van der Waals surface area (Å²) in [5, 5.41) is 13.8. The zero-order valence-electron chi connectivity index (χ0n) is 45.7. The highest BCUT2D eigenvalue weighted by Crippen LogP contribution is 2.38. The summed E-state index contributed by atoms with van der Waals surface area (Å²) in [5.74, 6) is -0.230. The van der Waals surface area contributed by atoms with Gasteiger partial charge in [0.25, 0.3) is 7.82 Å². The summed E-state index contributed by atoms with van der Waals surface area (Å²) in [4.78, 5) is 25.5. The maximum Gasteiger partial charge on any atom is 0.268 e. The normalized spacial score (nSPS) is 14.8. The number of hydrogen-bond donors (Lipinski definition) is 2. The number of rotatable bonds is 50. The number of carbonyl (C=O) groups is 1. The largest absolute Gasteiger partial charge is 0.756 e. The van der Waals surface area contributed by atoms with E-state index < -0.39 is 26.6 Å². The van der Waals surface area contributed by atoms with Crippen LogP contribution in [0.4, 0.5) is 0 Å². The predicted molar refractivity (Wildman–Crippen MR) is 302 cm³/mol.